The Balaban J connectivity index is 0.000000238. The highest BCUT2D eigenvalue weighted by Gasteiger charge is 2.52. The molecule has 0 saturated heterocycles. The summed E-state index contributed by atoms with van der Waals surface area (Å²) in [6.07, 6.45) is 10.1. The molecule has 0 spiro atoms. The molecule has 0 bridgehead atoms. The lowest BCUT2D eigenvalue weighted by Crippen LogP contribution is -2.81. The summed E-state index contributed by atoms with van der Waals surface area (Å²) in [4.78, 5) is 0. The third-order valence-electron chi connectivity index (χ3n) is 13.9. The highest BCUT2D eigenvalue weighted by atomic mass is 19.2. The number of hydrogen-bond acceptors (Lipinski definition) is 0. The smallest absolute Gasteiger partial charge is 0.207 e. The van der Waals surface area contributed by atoms with Crippen molar-refractivity contribution in [2.24, 2.45) is 0 Å². The van der Waals surface area contributed by atoms with Gasteiger partial charge in [-0.05, 0) is 42.0 Å². The summed E-state index contributed by atoms with van der Waals surface area (Å²) in [6.45, 7) is 3.17. The van der Waals surface area contributed by atoms with E-state index in [1.165, 1.54) is 104 Å². The molecule has 0 aliphatic rings. The number of hydrogen-bond donors (Lipinski definition) is 0. The van der Waals surface area contributed by atoms with Crippen LogP contribution in [0, 0.1) is 116 Å². The fraction of sp³-hybridized carbons (Fsp3) is 0.224. The Morgan fingerprint density at radius 1 is 0.312 bits per heavy atom. The maximum atomic E-state index is 15.4. The molecule has 0 fully saturated rings. The van der Waals surface area contributed by atoms with E-state index in [2.05, 4.69) is 103 Å². The lowest BCUT2D eigenvalue weighted by Gasteiger charge is -2.44. The predicted octanol–water partition coefficient (Wildman–Crippen LogP) is 15.2. The normalized spacial score (nSPS) is 11.7. The Bertz CT molecular complexity index is 3190. The minimum Gasteiger partial charge on any atom is -0.207 e. The standard InChI is InChI=1S/C34H42N.C24BF20/c1-2-3-4-5-6-7-8-9-10-12-17-29-22-24-32(25-23-29)34-33-21-16-15-20-31(33)26-27-35(34)28-30-18-13-11-14-19-30;26-5-1(6(27)14(35)21(42)13(5)34)25(2-7(28)15(36)22(43)16(37)8(2)29,3-9(30)17(38)23(44)18(39)10(3)31)4-11(32)19(40)24(45)20(41)12(4)33/h11,13-16,18-27H,2-10,12,17,28H2,1H3;/q+1;-1. The van der Waals surface area contributed by atoms with E-state index in [1.54, 1.807) is 0 Å². The molecule has 0 aliphatic carbocycles. The molecule has 1 aromatic heterocycles. The zero-order valence-electron chi connectivity index (χ0n) is 41.7. The predicted molar refractivity (Wildman–Crippen MR) is 260 cm³/mol. The Labute approximate surface area is 444 Å². The first kappa shape index (κ1) is 60.3. The van der Waals surface area contributed by atoms with Gasteiger partial charge in [0.2, 0.25) is 5.69 Å². The number of halogens is 20. The van der Waals surface area contributed by atoms with E-state index in [-0.39, 0.29) is 0 Å². The van der Waals surface area contributed by atoms with Gasteiger partial charge in [-0.1, -0.05) is 125 Å². The van der Waals surface area contributed by atoms with Crippen molar-refractivity contribution in [1.29, 1.82) is 0 Å². The van der Waals surface area contributed by atoms with E-state index in [4.69, 9.17) is 0 Å². The van der Waals surface area contributed by atoms with Gasteiger partial charge in [-0.2, -0.15) is 4.57 Å². The number of benzene rings is 7. The van der Waals surface area contributed by atoms with Crippen LogP contribution in [0.2, 0.25) is 0 Å². The molecule has 0 amide bonds. The summed E-state index contributed by atoms with van der Waals surface area (Å²) in [5.41, 5.74) is -8.94. The van der Waals surface area contributed by atoms with E-state index in [1.807, 2.05) is 0 Å². The van der Waals surface area contributed by atoms with E-state index >= 15 is 35.1 Å². The van der Waals surface area contributed by atoms with Crippen molar-refractivity contribution in [3.63, 3.8) is 0 Å². The topological polar surface area (TPSA) is 3.88 Å². The largest absolute Gasteiger partial charge is 0.220 e. The summed E-state index contributed by atoms with van der Waals surface area (Å²) in [6, 6.07) is 31.1. The van der Waals surface area contributed by atoms with E-state index < -0.39 is 144 Å². The first-order valence-corrected chi connectivity index (χ1v) is 24.8. The fourth-order valence-electron chi connectivity index (χ4n) is 10.0. The van der Waals surface area contributed by atoms with Crippen LogP contribution in [0.1, 0.15) is 82.3 Å². The number of pyridine rings is 1. The molecule has 80 heavy (non-hydrogen) atoms. The van der Waals surface area contributed by atoms with Crippen LogP contribution in [0.5, 0.6) is 0 Å². The minimum atomic E-state index is -7.22. The lowest BCUT2D eigenvalue weighted by molar-refractivity contribution is -0.676. The van der Waals surface area contributed by atoms with Crippen LogP contribution >= 0.6 is 0 Å². The SMILES string of the molecule is CCCCCCCCCCCCc1ccc(-c2c3ccccc3cc[n+]2Cc2ccccc2)cc1.Fc1c(F)c(F)c([B-](c2c(F)c(F)c(F)c(F)c2F)(c2c(F)c(F)c(F)c(F)c2F)c2c(F)c(F)c(F)c(F)c2F)c(F)c1F. The van der Waals surface area contributed by atoms with Gasteiger partial charge in [0, 0.05) is 17.2 Å². The molecular weight excluding hydrogens is 1100 g/mol. The number of unbranched alkanes of at least 4 members (excludes halogenated alkanes) is 9. The summed E-state index contributed by atoms with van der Waals surface area (Å²) < 4.78 is 296. The molecule has 8 aromatic rings. The second kappa shape index (κ2) is 25.4. The van der Waals surface area contributed by atoms with Crippen LogP contribution in [0.4, 0.5) is 87.8 Å². The van der Waals surface area contributed by atoms with Gasteiger partial charge in [0.25, 0.3) is 0 Å². The summed E-state index contributed by atoms with van der Waals surface area (Å²) in [5, 5.41) is 2.61. The molecule has 0 atom stereocenters. The molecule has 1 heterocycles. The molecule has 0 saturated carbocycles. The van der Waals surface area contributed by atoms with Gasteiger partial charge in [0.1, 0.15) is 52.7 Å². The van der Waals surface area contributed by atoms with Gasteiger partial charge in [-0.25, -0.2) is 87.8 Å². The Kier molecular flexibility index (Phi) is 19.1. The van der Waals surface area contributed by atoms with E-state index in [0.29, 0.717) is 0 Å². The van der Waals surface area contributed by atoms with Gasteiger partial charge in [0.15, 0.2) is 82.5 Å². The molecule has 1 nitrogen and oxygen atoms in total. The van der Waals surface area contributed by atoms with Gasteiger partial charge in [-0.3, -0.25) is 0 Å². The first-order chi connectivity index (χ1) is 38.0. The number of nitrogens with zero attached hydrogens (tertiary/aromatic N) is 1. The quantitative estimate of drug-likeness (QED) is 0.0201. The Morgan fingerprint density at radius 3 is 1.01 bits per heavy atom. The van der Waals surface area contributed by atoms with Crippen molar-refractivity contribution in [2.75, 3.05) is 0 Å². The number of rotatable bonds is 18. The number of aryl methyl sites for hydroxylation is 1. The van der Waals surface area contributed by atoms with Crippen molar-refractivity contribution in [3.05, 3.63) is 219 Å². The number of fused-ring (bicyclic) bond motifs is 1. The third kappa shape index (κ3) is 11.2. The van der Waals surface area contributed by atoms with Crippen molar-refractivity contribution in [3.8, 4) is 11.3 Å². The van der Waals surface area contributed by atoms with E-state index in [9.17, 15) is 52.7 Å². The summed E-state index contributed by atoms with van der Waals surface area (Å²) in [5.74, 6) is -71.4. The molecule has 0 radical (unpaired) electrons. The molecule has 7 aromatic carbocycles. The van der Waals surface area contributed by atoms with E-state index in [0.717, 1.165) is 6.54 Å². The molecule has 0 N–H and O–H groups in total. The molecule has 22 heteroatoms. The van der Waals surface area contributed by atoms with Crippen molar-refractivity contribution in [2.45, 2.75) is 84.1 Å². The zero-order chi connectivity index (χ0) is 58.5. The monoisotopic (exact) mass is 1140 g/mol. The highest BCUT2D eigenvalue weighted by molar-refractivity contribution is 7.20. The fourth-order valence-corrected chi connectivity index (χ4v) is 10.0. The Morgan fingerprint density at radius 2 is 0.637 bits per heavy atom. The third-order valence-corrected chi connectivity index (χ3v) is 13.9. The average molecular weight is 1140 g/mol. The molecule has 8 rings (SSSR count). The zero-order valence-corrected chi connectivity index (χ0v) is 41.7. The lowest BCUT2D eigenvalue weighted by atomic mass is 9.12. The first-order valence-electron chi connectivity index (χ1n) is 24.8. The molecule has 422 valence electrons. The van der Waals surface area contributed by atoms with Crippen molar-refractivity contribution in [1.82, 2.24) is 0 Å². The Hall–Kier alpha value is -7.39. The van der Waals surface area contributed by atoms with Crippen molar-refractivity contribution < 1.29 is 92.4 Å². The van der Waals surface area contributed by atoms with Crippen LogP contribution < -0.4 is 26.4 Å². The van der Waals surface area contributed by atoms with Gasteiger partial charge < -0.3 is 0 Å². The van der Waals surface area contributed by atoms with Gasteiger partial charge >= 0.3 is 0 Å². The molecule has 0 unspecified atom stereocenters. The van der Waals surface area contributed by atoms with Crippen LogP contribution in [0.3, 0.4) is 0 Å². The number of aromatic nitrogens is 1. The maximum Gasteiger partial charge on any atom is 0.220 e. The van der Waals surface area contributed by atoms with Crippen LogP contribution in [-0.2, 0) is 13.0 Å². The van der Waals surface area contributed by atoms with Gasteiger partial charge in [-0.15, -0.1) is 21.9 Å². The summed E-state index contributed by atoms with van der Waals surface area (Å²) >= 11 is 0. The minimum absolute atomic E-state index is 0.876. The van der Waals surface area contributed by atoms with Crippen LogP contribution in [0.15, 0.2) is 91.1 Å². The maximum absolute atomic E-state index is 15.4. The van der Waals surface area contributed by atoms with Crippen LogP contribution in [0.25, 0.3) is 22.0 Å². The second-order valence-electron chi connectivity index (χ2n) is 18.8. The highest BCUT2D eigenvalue weighted by Crippen LogP contribution is 2.32. The second-order valence-corrected chi connectivity index (χ2v) is 18.8. The van der Waals surface area contributed by atoms with Crippen LogP contribution in [-0.4, -0.2) is 6.15 Å². The average Bonchev–Trinajstić information content (AvgIpc) is 3.48. The molecular formula is C58H42BF20N. The molecule has 0 aliphatic heterocycles. The van der Waals surface area contributed by atoms with Crippen molar-refractivity contribution >= 4 is 38.8 Å². The summed E-state index contributed by atoms with van der Waals surface area (Å²) in [7, 11) is 0. The van der Waals surface area contributed by atoms with Gasteiger partial charge in [0.05, 0.1) is 5.39 Å².